The zero-order chi connectivity index (χ0) is 10.8. The summed E-state index contributed by atoms with van der Waals surface area (Å²) in [7, 11) is -1.82. The van der Waals surface area contributed by atoms with Crippen LogP contribution in [0.15, 0.2) is 0 Å². The summed E-state index contributed by atoms with van der Waals surface area (Å²) in [6, 6.07) is 1.84. The van der Waals surface area contributed by atoms with Gasteiger partial charge in [-0.2, -0.15) is 5.26 Å². The third-order valence-corrected chi connectivity index (χ3v) is 4.70. The first-order valence-corrected chi connectivity index (χ1v) is 6.37. The Bertz CT molecular complexity index is 327. The van der Waals surface area contributed by atoms with Crippen molar-refractivity contribution in [1.29, 1.82) is 5.26 Å². The predicted octanol–water partition coefficient (Wildman–Crippen LogP) is 0.960. The van der Waals surface area contributed by atoms with Gasteiger partial charge in [0.15, 0.2) is 5.25 Å². The lowest BCUT2D eigenvalue weighted by Gasteiger charge is -2.19. The van der Waals surface area contributed by atoms with Gasteiger partial charge in [0.2, 0.25) is 10.0 Å². The van der Waals surface area contributed by atoms with Crippen LogP contribution in [0.2, 0.25) is 0 Å². The van der Waals surface area contributed by atoms with E-state index in [4.69, 9.17) is 5.26 Å². The highest BCUT2D eigenvalue weighted by Gasteiger charge is 2.32. The van der Waals surface area contributed by atoms with E-state index < -0.39 is 15.3 Å². The van der Waals surface area contributed by atoms with Crippen molar-refractivity contribution < 1.29 is 8.42 Å². The quantitative estimate of drug-likeness (QED) is 0.687. The molecule has 0 spiro atoms. The number of sulfonamides is 1. The lowest BCUT2D eigenvalue weighted by Crippen LogP contribution is -2.36. The average Bonchev–Trinajstić information content (AvgIpc) is 2.89. The lowest BCUT2D eigenvalue weighted by molar-refractivity contribution is 0.447. The Labute approximate surface area is 85.6 Å². The van der Waals surface area contributed by atoms with Crippen LogP contribution < -0.4 is 0 Å². The smallest absolute Gasteiger partial charge is 0.211 e. The zero-order valence-electron chi connectivity index (χ0n) is 8.60. The summed E-state index contributed by atoms with van der Waals surface area (Å²) in [5.74, 6) is 0.519. The molecule has 14 heavy (non-hydrogen) atoms. The van der Waals surface area contributed by atoms with Gasteiger partial charge in [0.1, 0.15) is 0 Å². The summed E-state index contributed by atoms with van der Waals surface area (Å²) in [6.07, 6.45) is 2.58. The van der Waals surface area contributed by atoms with E-state index in [0.717, 1.165) is 12.8 Å². The summed E-state index contributed by atoms with van der Waals surface area (Å²) in [6.45, 7) is 2.29. The van der Waals surface area contributed by atoms with Crippen LogP contribution in [0.3, 0.4) is 0 Å². The largest absolute Gasteiger partial charge is 0.230 e. The maximum absolute atomic E-state index is 11.8. The molecule has 0 aromatic carbocycles. The molecule has 0 N–H and O–H groups in total. The molecule has 0 heterocycles. The molecule has 1 unspecified atom stereocenters. The van der Waals surface area contributed by atoms with Gasteiger partial charge in [0, 0.05) is 13.6 Å². The third kappa shape index (κ3) is 2.46. The van der Waals surface area contributed by atoms with Gasteiger partial charge in [0.05, 0.1) is 6.07 Å². The molecule has 1 aliphatic rings. The van der Waals surface area contributed by atoms with Gasteiger partial charge >= 0.3 is 0 Å². The van der Waals surface area contributed by atoms with E-state index in [-0.39, 0.29) is 0 Å². The Morgan fingerprint density at radius 3 is 2.50 bits per heavy atom. The molecule has 1 aliphatic carbocycles. The molecule has 0 saturated heterocycles. The SMILES string of the molecule is CCC(C#N)S(=O)(=O)N(C)CC1CC1. The molecule has 4 nitrogen and oxygen atoms in total. The van der Waals surface area contributed by atoms with Gasteiger partial charge < -0.3 is 0 Å². The van der Waals surface area contributed by atoms with Gasteiger partial charge in [-0.25, -0.2) is 12.7 Å². The normalized spacial score (nSPS) is 19.3. The Balaban J connectivity index is 2.66. The van der Waals surface area contributed by atoms with Crippen molar-refractivity contribution in [2.75, 3.05) is 13.6 Å². The Kier molecular flexibility index (Phi) is 3.51. The number of nitrogens with zero attached hydrogens (tertiary/aromatic N) is 2. The number of rotatable bonds is 5. The van der Waals surface area contributed by atoms with E-state index >= 15 is 0 Å². The molecular weight excluding hydrogens is 200 g/mol. The van der Waals surface area contributed by atoms with Crippen molar-refractivity contribution in [3.63, 3.8) is 0 Å². The molecule has 1 fully saturated rings. The minimum absolute atomic E-state index is 0.355. The number of hydrogen-bond acceptors (Lipinski definition) is 3. The van der Waals surface area contributed by atoms with Gasteiger partial charge in [-0.3, -0.25) is 0 Å². The Hall–Kier alpha value is -0.600. The molecule has 1 saturated carbocycles. The third-order valence-electron chi connectivity index (χ3n) is 2.52. The van der Waals surface area contributed by atoms with E-state index in [1.807, 2.05) is 6.07 Å². The molecular formula is C9H16N2O2S. The van der Waals surface area contributed by atoms with Crippen molar-refractivity contribution >= 4 is 10.0 Å². The van der Waals surface area contributed by atoms with Gasteiger partial charge in [-0.15, -0.1) is 0 Å². The van der Waals surface area contributed by atoms with E-state index in [1.165, 1.54) is 4.31 Å². The topological polar surface area (TPSA) is 61.2 Å². The lowest BCUT2D eigenvalue weighted by atomic mass is 10.4. The van der Waals surface area contributed by atoms with Gasteiger partial charge in [-0.1, -0.05) is 6.92 Å². The predicted molar refractivity (Wildman–Crippen MR) is 54.0 cm³/mol. The first-order chi connectivity index (χ1) is 6.52. The van der Waals surface area contributed by atoms with Gasteiger partial charge in [0.25, 0.3) is 0 Å². The van der Waals surface area contributed by atoms with Crippen LogP contribution in [-0.2, 0) is 10.0 Å². The van der Waals surface area contributed by atoms with Crippen molar-refractivity contribution in [3.8, 4) is 6.07 Å². The number of hydrogen-bond donors (Lipinski definition) is 0. The molecule has 1 atom stereocenters. The molecule has 0 aromatic heterocycles. The van der Waals surface area contributed by atoms with Crippen LogP contribution in [0, 0.1) is 17.2 Å². The highest BCUT2D eigenvalue weighted by molar-refractivity contribution is 7.89. The summed E-state index contributed by atoms with van der Waals surface area (Å²) in [4.78, 5) is 0. The van der Waals surface area contributed by atoms with Crippen LogP contribution in [0.4, 0.5) is 0 Å². The summed E-state index contributed by atoms with van der Waals surface area (Å²) >= 11 is 0. The van der Waals surface area contributed by atoms with Crippen LogP contribution in [-0.4, -0.2) is 31.6 Å². The minimum atomic E-state index is -3.38. The Morgan fingerprint density at radius 2 is 2.14 bits per heavy atom. The summed E-state index contributed by atoms with van der Waals surface area (Å²) in [5, 5.41) is 7.82. The standard InChI is InChI=1S/C9H16N2O2S/c1-3-9(6-10)14(12,13)11(2)7-8-4-5-8/h8-9H,3-5,7H2,1-2H3. The molecule has 1 rings (SSSR count). The fraction of sp³-hybridized carbons (Fsp3) is 0.889. The van der Waals surface area contributed by atoms with Crippen molar-refractivity contribution in [2.24, 2.45) is 5.92 Å². The van der Waals surface area contributed by atoms with E-state index in [9.17, 15) is 8.42 Å². The molecule has 0 aromatic rings. The second-order valence-corrected chi connectivity index (χ2v) is 6.02. The highest BCUT2D eigenvalue weighted by atomic mass is 32.2. The molecule has 80 valence electrons. The van der Waals surface area contributed by atoms with Crippen molar-refractivity contribution in [3.05, 3.63) is 0 Å². The van der Waals surface area contributed by atoms with Crippen LogP contribution in [0.5, 0.6) is 0 Å². The number of nitriles is 1. The monoisotopic (exact) mass is 216 g/mol. The minimum Gasteiger partial charge on any atom is -0.211 e. The average molecular weight is 216 g/mol. The van der Waals surface area contributed by atoms with Crippen molar-refractivity contribution in [1.82, 2.24) is 4.31 Å². The fourth-order valence-corrected chi connectivity index (χ4v) is 2.76. The molecule has 0 aliphatic heterocycles. The molecule has 5 heteroatoms. The Morgan fingerprint density at radius 1 is 1.57 bits per heavy atom. The highest BCUT2D eigenvalue weighted by Crippen LogP contribution is 2.30. The zero-order valence-corrected chi connectivity index (χ0v) is 9.42. The summed E-state index contributed by atoms with van der Waals surface area (Å²) in [5.41, 5.74) is 0. The van der Waals surface area contributed by atoms with Crippen LogP contribution in [0.1, 0.15) is 26.2 Å². The maximum atomic E-state index is 11.8. The molecule has 0 amide bonds. The molecule has 0 radical (unpaired) electrons. The second kappa shape index (κ2) is 4.28. The second-order valence-electron chi connectivity index (χ2n) is 3.79. The van der Waals surface area contributed by atoms with Crippen molar-refractivity contribution in [2.45, 2.75) is 31.4 Å². The van der Waals surface area contributed by atoms with Gasteiger partial charge in [-0.05, 0) is 25.2 Å². The van der Waals surface area contributed by atoms with Crippen LogP contribution >= 0.6 is 0 Å². The summed E-state index contributed by atoms with van der Waals surface area (Å²) < 4.78 is 24.9. The maximum Gasteiger partial charge on any atom is 0.230 e. The van der Waals surface area contributed by atoms with E-state index in [0.29, 0.717) is 18.9 Å². The van der Waals surface area contributed by atoms with Crippen LogP contribution in [0.25, 0.3) is 0 Å². The first-order valence-electron chi connectivity index (χ1n) is 4.87. The fourth-order valence-electron chi connectivity index (χ4n) is 1.35. The molecule has 0 bridgehead atoms. The van der Waals surface area contributed by atoms with E-state index in [2.05, 4.69) is 0 Å². The van der Waals surface area contributed by atoms with E-state index in [1.54, 1.807) is 14.0 Å². The first kappa shape index (κ1) is 11.5.